The van der Waals surface area contributed by atoms with E-state index in [1.165, 1.54) is 13.2 Å². The Kier molecular flexibility index (Phi) is 6.32. The summed E-state index contributed by atoms with van der Waals surface area (Å²) in [4.78, 5) is 33.7. The van der Waals surface area contributed by atoms with Crippen LogP contribution in [0.2, 0.25) is 0 Å². The number of hydrogen-bond donors (Lipinski definition) is 1. The lowest BCUT2D eigenvalue weighted by Gasteiger charge is -2.06. The summed E-state index contributed by atoms with van der Waals surface area (Å²) in [6, 6.07) is 3.51. The van der Waals surface area contributed by atoms with Gasteiger partial charge in [0, 0.05) is 24.2 Å². The summed E-state index contributed by atoms with van der Waals surface area (Å²) in [6.45, 7) is 2.54. The SMILES string of the molecule is CCCCCNC(=O)c1cc(C(=O)OC)cc([N+](=O)[O-])c1. The second kappa shape index (κ2) is 7.98. The summed E-state index contributed by atoms with van der Waals surface area (Å²) >= 11 is 0. The third-order valence-electron chi connectivity index (χ3n) is 2.88. The van der Waals surface area contributed by atoms with E-state index in [9.17, 15) is 19.7 Å². The van der Waals surface area contributed by atoms with E-state index in [4.69, 9.17) is 0 Å². The topological polar surface area (TPSA) is 98.5 Å². The number of nitrogens with one attached hydrogen (secondary N) is 1. The van der Waals surface area contributed by atoms with Crippen LogP contribution in [-0.4, -0.2) is 30.5 Å². The van der Waals surface area contributed by atoms with Crippen LogP contribution in [0, 0.1) is 10.1 Å². The number of benzene rings is 1. The van der Waals surface area contributed by atoms with Crippen LogP contribution < -0.4 is 5.32 Å². The molecule has 0 atom stereocenters. The number of esters is 1. The molecule has 7 heteroatoms. The van der Waals surface area contributed by atoms with Crippen molar-refractivity contribution >= 4 is 17.6 Å². The fraction of sp³-hybridized carbons (Fsp3) is 0.429. The number of non-ortho nitro benzene ring substituents is 1. The van der Waals surface area contributed by atoms with Crippen LogP contribution in [0.25, 0.3) is 0 Å². The van der Waals surface area contributed by atoms with Gasteiger partial charge in [0.2, 0.25) is 0 Å². The van der Waals surface area contributed by atoms with Gasteiger partial charge in [0.25, 0.3) is 11.6 Å². The first-order valence-corrected chi connectivity index (χ1v) is 6.65. The van der Waals surface area contributed by atoms with Crippen molar-refractivity contribution in [3.63, 3.8) is 0 Å². The van der Waals surface area contributed by atoms with Gasteiger partial charge in [-0.25, -0.2) is 4.79 Å². The van der Waals surface area contributed by atoms with Crippen LogP contribution in [0.4, 0.5) is 5.69 Å². The number of nitro groups is 1. The predicted octanol–water partition coefficient (Wildman–Crippen LogP) is 2.30. The van der Waals surface area contributed by atoms with Gasteiger partial charge in [0.1, 0.15) is 0 Å². The number of hydrogen-bond acceptors (Lipinski definition) is 5. The fourth-order valence-electron chi connectivity index (χ4n) is 1.76. The highest BCUT2D eigenvalue weighted by Crippen LogP contribution is 2.18. The highest BCUT2D eigenvalue weighted by Gasteiger charge is 2.18. The molecule has 0 aliphatic rings. The van der Waals surface area contributed by atoms with E-state index in [2.05, 4.69) is 10.1 Å². The zero-order valence-electron chi connectivity index (χ0n) is 12.0. The molecular formula is C14H18N2O5. The van der Waals surface area contributed by atoms with Crippen LogP contribution in [-0.2, 0) is 4.74 Å². The molecule has 0 unspecified atom stereocenters. The zero-order valence-corrected chi connectivity index (χ0v) is 12.0. The summed E-state index contributed by atoms with van der Waals surface area (Å²) in [5.41, 5.74) is -0.275. The van der Waals surface area contributed by atoms with E-state index in [-0.39, 0.29) is 16.8 Å². The molecule has 0 aromatic heterocycles. The first-order chi connectivity index (χ1) is 9.99. The third-order valence-corrected chi connectivity index (χ3v) is 2.88. The maximum absolute atomic E-state index is 12.0. The molecule has 7 nitrogen and oxygen atoms in total. The van der Waals surface area contributed by atoms with Gasteiger partial charge in [-0.05, 0) is 12.5 Å². The first kappa shape index (κ1) is 16.6. The molecule has 0 radical (unpaired) electrons. The van der Waals surface area contributed by atoms with Crippen molar-refractivity contribution in [3.05, 3.63) is 39.4 Å². The van der Waals surface area contributed by atoms with Crippen LogP contribution in [0.3, 0.4) is 0 Å². The van der Waals surface area contributed by atoms with Gasteiger partial charge >= 0.3 is 5.97 Å². The Labute approximate surface area is 122 Å². The van der Waals surface area contributed by atoms with E-state index < -0.39 is 16.8 Å². The zero-order chi connectivity index (χ0) is 15.8. The summed E-state index contributed by atoms with van der Waals surface area (Å²) in [5.74, 6) is -1.17. The number of ether oxygens (including phenoxy) is 1. The van der Waals surface area contributed by atoms with Gasteiger partial charge < -0.3 is 10.1 Å². The predicted molar refractivity (Wildman–Crippen MR) is 76.3 cm³/mol. The van der Waals surface area contributed by atoms with Gasteiger partial charge in [-0.3, -0.25) is 14.9 Å². The van der Waals surface area contributed by atoms with Crippen LogP contribution >= 0.6 is 0 Å². The molecule has 0 fully saturated rings. The molecule has 0 bridgehead atoms. The molecule has 1 amide bonds. The molecule has 114 valence electrons. The average Bonchev–Trinajstić information content (AvgIpc) is 2.49. The van der Waals surface area contributed by atoms with Crippen molar-refractivity contribution in [1.82, 2.24) is 5.32 Å². The molecule has 0 spiro atoms. The molecule has 1 aromatic carbocycles. The van der Waals surface area contributed by atoms with Crippen molar-refractivity contribution < 1.29 is 19.2 Å². The monoisotopic (exact) mass is 294 g/mol. The molecule has 21 heavy (non-hydrogen) atoms. The van der Waals surface area contributed by atoms with Gasteiger partial charge in [-0.1, -0.05) is 19.8 Å². The minimum Gasteiger partial charge on any atom is -0.465 e. The Balaban J connectivity index is 2.94. The average molecular weight is 294 g/mol. The Hall–Kier alpha value is -2.44. The highest BCUT2D eigenvalue weighted by atomic mass is 16.6. The quantitative estimate of drug-likeness (QED) is 0.360. The minimum atomic E-state index is -0.723. The molecule has 1 aromatic rings. The maximum Gasteiger partial charge on any atom is 0.338 e. The Bertz CT molecular complexity index is 542. The number of unbranched alkanes of at least 4 members (excludes halogenated alkanes) is 2. The van der Waals surface area contributed by atoms with E-state index in [1.807, 2.05) is 6.92 Å². The molecule has 0 aliphatic carbocycles. The molecule has 0 aliphatic heterocycles. The van der Waals surface area contributed by atoms with E-state index in [0.717, 1.165) is 31.4 Å². The minimum absolute atomic E-state index is 0.0228. The normalized spacial score (nSPS) is 10.0. The number of carbonyl (C=O) groups excluding carboxylic acids is 2. The standard InChI is InChI=1S/C14H18N2O5/c1-3-4-5-6-15-13(17)10-7-11(14(18)21-2)9-12(8-10)16(19)20/h7-9H,3-6H2,1-2H3,(H,15,17). The number of nitrogens with zero attached hydrogens (tertiary/aromatic N) is 1. The van der Waals surface area contributed by atoms with Gasteiger partial charge in [0.05, 0.1) is 17.6 Å². The first-order valence-electron chi connectivity index (χ1n) is 6.65. The summed E-state index contributed by atoms with van der Waals surface area (Å²) in [5, 5.41) is 13.5. The third kappa shape index (κ3) is 4.87. The number of carbonyl (C=O) groups is 2. The van der Waals surface area contributed by atoms with Crippen molar-refractivity contribution in [2.75, 3.05) is 13.7 Å². The largest absolute Gasteiger partial charge is 0.465 e. The van der Waals surface area contributed by atoms with E-state index in [1.54, 1.807) is 0 Å². The van der Waals surface area contributed by atoms with Gasteiger partial charge in [-0.15, -0.1) is 0 Å². The fourth-order valence-corrected chi connectivity index (χ4v) is 1.76. The molecule has 0 heterocycles. The second-order valence-corrected chi connectivity index (χ2v) is 4.48. The molecular weight excluding hydrogens is 276 g/mol. The van der Waals surface area contributed by atoms with Gasteiger partial charge in [-0.2, -0.15) is 0 Å². The van der Waals surface area contributed by atoms with E-state index in [0.29, 0.717) is 6.54 Å². The number of methoxy groups -OCH3 is 1. The summed E-state index contributed by atoms with van der Waals surface area (Å²) in [7, 11) is 1.17. The lowest BCUT2D eigenvalue weighted by Crippen LogP contribution is -2.24. The van der Waals surface area contributed by atoms with Crippen molar-refractivity contribution in [1.29, 1.82) is 0 Å². The Morgan fingerprint density at radius 2 is 1.90 bits per heavy atom. The van der Waals surface area contributed by atoms with Crippen molar-refractivity contribution in [2.24, 2.45) is 0 Å². The number of nitro benzene ring substituents is 1. The van der Waals surface area contributed by atoms with Crippen LogP contribution in [0.5, 0.6) is 0 Å². The van der Waals surface area contributed by atoms with Crippen molar-refractivity contribution in [2.45, 2.75) is 26.2 Å². The lowest BCUT2D eigenvalue weighted by atomic mass is 10.1. The molecule has 0 saturated heterocycles. The molecule has 1 N–H and O–H groups in total. The highest BCUT2D eigenvalue weighted by molar-refractivity contribution is 5.98. The summed E-state index contributed by atoms with van der Waals surface area (Å²) in [6.07, 6.45) is 2.85. The smallest absolute Gasteiger partial charge is 0.338 e. The molecule has 1 rings (SSSR count). The van der Waals surface area contributed by atoms with Crippen LogP contribution in [0.15, 0.2) is 18.2 Å². The van der Waals surface area contributed by atoms with Crippen molar-refractivity contribution in [3.8, 4) is 0 Å². The Morgan fingerprint density at radius 3 is 2.48 bits per heavy atom. The maximum atomic E-state index is 12.0. The van der Waals surface area contributed by atoms with E-state index >= 15 is 0 Å². The molecule has 0 saturated carbocycles. The Morgan fingerprint density at radius 1 is 1.24 bits per heavy atom. The van der Waals surface area contributed by atoms with Gasteiger partial charge in [0.15, 0.2) is 0 Å². The second-order valence-electron chi connectivity index (χ2n) is 4.48. The lowest BCUT2D eigenvalue weighted by molar-refractivity contribution is -0.384. The summed E-state index contributed by atoms with van der Waals surface area (Å²) < 4.78 is 4.53. The number of rotatable bonds is 7. The number of amides is 1. The van der Waals surface area contributed by atoms with Crippen LogP contribution in [0.1, 0.15) is 46.9 Å².